The molecule has 0 saturated heterocycles. The van der Waals surface area contributed by atoms with Gasteiger partial charge in [0, 0.05) is 12.4 Å². The molecule has 12 heavy (non-hydrogen) atoms. The summed E-state index contributed by atoms with van der Waals surface area (Å²) < 4.78 is 5.09. The lowest BCUT2D eigenvalue weighted by atomic mass is 10.7. The van der Waals surface area contributed by atoms with Crippen molar-refractivity contribution in [2.45, 2.75) is 0 Å². The number of carbonyl (C=O) groups excluding carboxylic acids is 1. The first kappa shape index (κ1) is 8.92. The average Bonchev–Trinajstić information content (AvgIpc) is 2.09. The maximum atomic E-state index is 10.6. The molecular formula is C6H6BrN3O2. The van der Waals surface area contributed by atoms with Crippen LogP contribution in [0.2, 0.25) is 0 Å². The number of rotatable bonds is 1. The number of amides is 1. The second-order valence-electron chi connectivity index (χ2n) is 1.84. The van der Waals surface area contributed by atoms with Crippen LogP contribution in [0, 0.1) is 0 Å². The van der Waals surface area contributed by atoms with Gasteiger partial charge in [-0.25, -0.2) is 14.8 Å². The Morgan fingerprint density at radius 1 is 1.58 bits per heavy atom. The predicted octanol–water partition coefficient (Wildman–Crippen LogP) is 1.42. The molecule has 0 aliphatic carbocycles. The first-order chi connectivity index (χ1) is 5.72. The van der Waals surface area contributed by atoms with E-state index in [4.69, 9.17) is 0 Å². The maximum absolute atomic E-state index is 10.6. The maximum Gasteiger partial charge on any atom is 0.413 e. The summed E-state index contributed by atoms with van der Waals surface area (Å²) in [6.07, 6.45) is 2.47. The van der Waals surface area contributed by atoms with Gasteiger partial charge in [0.1, 0.15) is 0 Å². The molecule has 6 heteroatoms. The molecular weight excluding hydrogens is 226 g/mol. The third-order valence-electron chi connectivity index (χ3n) is 1.02. The highest BCUT2D eigenvalue weighted by Crippen LogP contribution is 2.06. The lowest BCUT2D eigenvalue weighted by molar-refractivity contribution is 0.186. The number of hydrogen-bond donors (Lipinski definition) is 1. The molecule has 0 unspecified atom stereocenters. The highest BCUT2D eigenvalue weighted by atomic mass is 79.9. The Bertz CT molecular complexity index is 275. The Morgan fingerprint density at radius 2 is 2.17 bits per heavy atom. The van der Waals surface area contributed by atoms with Crippen molar-refractivity contribution in [2.24, 2.45) is 0 Å². The van der Waals surface area contributed by atoms with Crippen LogP contribution >= 0.6 is 15.9 Å². The summed E-state index contributed by atoms with van der Waals surface area (Å²) in [5.41, 5.74) is 0. The van der Waals surface area contributed by atoms with Crippen LogP contribution in [0.15, 0.2) is 16.9 Å². The highest BCUT2D eigenvalue weighted by molar-refractivity contribution is 9.10. The number of halogens is 1. The predicted molar refractivity (Wildman–Crippen MR) is 45.8 cm³/mol. The molecule has 0 aliphatic rings. The number of ether oxygens (including phenoxy) is 1. The number of aromatic nitrogens is 2. The number of nitrogens with one attached hydrogen (secondary N) is 1. The lowest BCUT2D eigenvalue weighted by Gasteiger charge is -1.99. The van der Waals surface area contributed by atoms with E-state index in [1.165, 1.54) is 19.5 Å². The molecule has 1 aromatic heterocycles. The minimum Gasteiger partial charge on any atom is -0.453 e. The third-order valence-corrected chi connectivity index (χ3v) is 1.43. The summed E-state index contributed by atoms with van der Waals surface area (Å²) >= 11 is 3.16. The topological polar surface area (TPSA) is 64.1 Å². The SMILES string of the molecule is COC(=O)Nc1ncc(Br)cn1. The van der Waals surface area contributed by atoms with E-state index in [1.807, 2.05) is 0 Å². The normalized spacial score (nSPS) is 9.17. The fraction of sp³-hybridized carbons (Fsp3) is 0.167. The van der Waals surface area contributed by atoms with Gasteiger partial charge in [-0.3, -0.25) is 5.32 Å². The number of anilines is 1. The zero-order valence-corrected chi connectivity index (χ0v) is 7.83. The molecule has 0 spiro atoms. The molecule has 0 fully saturated rings. The van der Waals surface area contributed by atoms with Crippen molar-refractivity contribution in [3.8, 4) is 0 Å². The molecule has 0 aromatic carbocycles. The van der Waals surface area contributed by atoms with Crippen molar-refractivity contribution in [3.05, 3.63) is 16.9 Å². The standard InChI is InChI=1S/C6H6BrN3O2/c1-12-6(11)10-5-8-2-4(7)3-9-5/h2-3H,1H3,(H,8,9,10,11). The van der Waals surface area contributed by atoms with Gasteiger partial charge in [-0.05, 0) is 15.9 Å². The van der Waals surface area contributed by atoms with E-state index >= 15 is 0 Å². The van der Waals surface area contributed by atoms with Crippen molar-refractivity contribution in [1.82, 2.24) is 9.97 Å². The number of methoxy groups -OCH3 is 1. The fourth-order valence-electron chi connectivity index (χ4n) is 0.519. The molecule has 0 aliphatic heterocycles. The van der Waals surface area contributed by atoms with Crippen LogP contribution in [0.5, 0.6) is 0 Å². The van der Waals surface area contributed by atoms with Gasteiger partial charge in [0.2, 0.25) is 5.95 Å². The van der Waals surface area contributed by atoms with E-state index in [1.54, 1.807) is 0 Å². The monoisotopic (exact) mass is 231 g/mol. The van der Waals surface area contributed by atoms with Crippen molar-refractivity contribution in [2.75, 3.05) is 12.4 Å². The Hall–Kier alpha value is -1.17. The second-order valence-corrected chi connectivity index (χ2v) is 2.76. The van der Waals surface area contributed by atoms with Crippen LogP contribution in [-0.4, -0.2) is 23.2 Å². The van der Waals surface area contributed by atoms with Gasteiger partial charge in [-0.2, -0.15) is 0 Å². The van der Waals surface area contributed by atoms with Crippen molar-refractivity contribution < 1.29 is 9.53 Å². The molecule has 5 nitrogen and oxygen atoms in total. The highest BCUT2D eigenvalue weighted by Gasteiger charge is 2.01. The molecule has 1 aromatic rings. The summed E-state index contributed by atoms with van der Waals surface area (Å²) in [6, 6.07) is 0. The molecule has 0 saturated carbocycles. The first-order valence-corrected chi connectivity index (χ1v) is 3.84. The first-order valence-electron chi connectivity index (χ1n) is 3.05. The zero-order valence-electron chi connectivity index (χ0n) is 6.24. The van der Waals surface area contributed by atoms with Crippen LogP contribution in [-0.2, 0) is 4.74 Å². The van der Waals surface area contributed by atoms with Gasteiger partial charge < -0.3 is 4.74 Å². The Morgan fingerprint density at radius 3 is 2.67 bits per heavy atom. The van der Waals surface area contributed by atoms with Crippen molar-refractivity contribution in [3.63, 3.8) is 0 Å². The zero-order chi connectivity index (χ0) is 8.97. The van der Waals surface area contributed by atoms with Crippen LogP contribution in [0.1, 0.15) is 0 Å². The minimum absolute atomic E-state index is 0.213. The van der Waals surface area contributed by atoms with Gasteiger partial charge in [-0.15, -0.1) is 0 Å². The van der Waals surface area contributed by atoms with E-state index < -0.39 is 6.09 Å². The van der Waals surface area contributed by atoms with E-state index in [0.717, 1.165) is 4.47 Å². The molecule has 1 N–H and O–H groups in total. The molecule has 64 valence electrons. The number of carbonyl (C=O) groups is 1. The van der Waals surface area contributed by atoms with Gasteiger partial charge in [0.15, 0.2) is 0 Å². The molecule has 0 radical (unpaired) electrons. The van der Waals surface area contributed by atoms with Gasteiger partial charge in [0.05, 0.1) is 11.6 Å². The van der Waals surface area contributed by atoms with E-state index in [2.05, 4.69) is 36.0 Å². The second kappa shape index (κ2) is 4.01. The number of hydrogen-bond acceptors (Lipinski definition) is 4. The molecule has 1 heterocycles. The summed E-state index contributed by atoms with van der Waals surface area (Å²) in [4.78, 5) is 18.2. The molecule has 1 amide bonds. The van der Waals surface area contributed by atoms with Crippen LogP contribution in [0.25, 0.3) is 0 Å². The number of nitrogens with zero attached hydrogens (tertiary/aromatic N) is 2. The average molecular weight is 232 g/mol. The lowest BCUT2D eigenvalue weighted by Crippen LogP contribution is -2.13. The van der Waals surface area contributed by atoms with Crippen LogP contribution < -0.4 is 5.32 Å². The fourth-order valence-corrected chi connectivity index (χ4v) is 0.724. The largest absolute Gasteiger partial charge is 0.453 e. The summed E-state index contributed by atoms with van der Waals surface area (Å²) in [5, 5.41) is 2.31. The van der Waals surface area contributed by atoms with Crippen molar-refractivity contribution in [1.29, 1.82) is 0 Å². The van der Waals surface area contributed by atoms with Gasteiger partial charge in [0.25, 0.3) is 0 Å². The molecule has 0 bridgehead atoms. The Balaban J connectivity index is 2.64. The molecule has 1 rings (SSSR count). The summed E-state index contributed by atoms with van der Waals surface area (Å²) in [5.74, 6) is 0.213. The summed E-state index contributed by atoms with van der Waals surface area (Å²) in [6.45, 7) is 0. The Kier molecular flexibility index (Phi) is 2.98. The van der Waals surface area contributed by atoms with E-state index in [0.29, 0.717) is 0 Å². The summed E-state index contributed by atoms with van der Waals surface area (Å²) in [7, 11) is 1.27. The molecule has 0 atom stereocenters. The van der Waals surface area contributed by atoms with Crippen LogP contribution in [0.4, 0.5) is 10.7 Å². The van der Waals surface area contributed by atoms with Crippen LogP contribution in [0.3, 0.4) is 0 Å². The van der Waals surface area contributed by atoms with Gasteiger partial charge in [-0.1, -0.05) is 0 Å². The Labute approximate surface area is 77.3 Å². The third kappa shape index (κ3) is 2.46. The van der Waals surface area contributed by atoms with Gasteiger partial charge >= 0.3 is 6.09 Å². The van der Waals surface area contributed by atoms with E-state index in [9.17, 15) is 4.79 Å². The minimum atomic E-state index is -0.586. The van der Waals surface area contributed by atoms with E-state index in [-0.39, 0.29) is 5.95 Å². The van der Waals surface area contributed by atoms with Crippen molar-refractivity contribution >= 4 is 28.0 Å². The quantitative estimate of drug-likeness (QED) is 0.795. The smallest absolute Gasteiger partial charge is 0.413 e.